The first-order chi connectivity index (χ1) is 10.6. The number of halogens is 2. The summed E-state index contributed by atoms with van der Waals surface area (Å²) < 4.78 is 12.9. The number of carbonyl (C=O) groups is 1. The quantitative estimate of drug-likeness (QED) is 0.908. The van der Waals surface area contributed by atoms with E-state index in [0.29, 0.717) is 29.8 Å². The Morgan fingerprint density at radius 2 is 1.95 bits per heavy atom. The largest absolute Gasteiger partial charge is 0.382 e. The lowest BCUT2D eigenvalue weighted by molar-refractivity contribution is 0.0713. The lowest BCUT2D eigenvalue weighted by Crippen LogP contribution is -2.42. The average Bonchev–Trinajstić information content (AvgIpc) is 2.96. The van der Waals surface area contributed by atoms with Crippen molar-refractivity contribution in [3.8, 4) is 0 Å². The number of hydrogen-bond donors (Lipinski definition) is 2. The second-order valence-corrected chi connectivity index (χ2v) is 5.89. The first kappa shape index (κ1) is 14.9. The molecule has 0 saturated carbocycles. The number of hydrogen-bond acceptors (Lipinski definition) is 2. The lowest BCUT2D eigenvalue weighted by atomic mass is 10.0. The van der Waals surface area contributed by atoms with Crippen molar-refractivity contribution in [1.29, 1.82) is 0 Å². The Labute approximate surface area is 133 Å². The van der Waals surface area contributed by atoms with Crippen molar-refractivity contribution in [2.24, 2.45) is 0 Å². The average molecular weight is 322 g/mol. The number of aromatic nitrogens is 1. The maximum absolute atomic E-state index is 12.9. The number of aromatic amines is 1. The van der Waals surface area contributed by atoms with E-state index in [2.05, 4.69) is 10.3 Å². The Balaban J connectivity index is 1.54. The summed E-state index contributed by atoms with van der Waals surface area (Å²) in [7, 11) is 0. The third-order valence-corrected chi connectivity index (χ3v) is 4.09. The minimum Gasteiger partial charge on any atom is -0.382 e. The third-order valence-electron chi connectivity index (χ3n) is 3.88. The summed E-state index contributed by atoms with van der Waals surface area (Å²) in [4.78, 5) is 17.0. The summed E-state index contributed by atoms with van der Waals surface area (Å²) in [5.74, 6) is -0.261. The van der Waals surface area contributed by atoms with Crippen molar-refractivity contribution in [2.45, 2.75) is 18.9 Å². The summed E-state index contributed by atoms with van der Waals surface area (Å²) in [6.45, 7) is 1.38. The Morgan fingerprint density at radius 1 is 1.27 bits per heavy atom. The molecule has 0 atom stereocenters. The highest BCUT2D eigenvalue weighted by atomic mass is 35.5. The molecular formula is C16H17ClFN3O. The molecule has 0 bridgehead atoms. The minimum atomic E-state index is -0.240. The molecule has 4 nitrogen and oxygen atoms in total. The highest BCUT2D eigenvalue weighted by molar-refractivity contribution is 6.30. The molecule has 2 heterocycles. The molecule has 22 heavy (non-hydrogen) atoms. The highest BCUT2D eigenvalue weighted by Gasteiger charge is 2.24. The molecule has 0 unspecified atom stereocenters. The van der Waals surface area contributed by atoms with Gasteiger partial charge < -0.3 is 15.2 Å². The van der Waals surface area contributed by atoms with Crippen LogP contribution in [0.4, 0.5) is 10.1 Å². The molecule has 116 valence electrons. The number of carbonyl (C=O) groups excluding carboxylic acids is 1. The second-order valence-electron chi connectivity index (χ2n) is 5.45. The Kier molecular flexibility index (Phi) is 4.34. The number of piperidine rings is 1. The van der Waals surface area contributed by atoms with Crippen LogP contribution in [0.15, 0.2) is 36.5 Å². The van der Waals surface area contributed by atoms with E-state index in [1.165, 1.54) is 12.1 Å². The van der Waals surface area contributed by atoms with Gasteiger partial charge in [0.2, 0.25) is 0 Å². The van der Waals surface area contributed by atoms with Crippen molar-refractivity contribution < 1.29 is 9.18 Å². The molecule has 0 aliphatic carbocycles. The number of anilines is 1. The molecule has 1 saturated heterocycles. The zero-order valence-electron chi connectivity index (χ0n) is 12.0. The van der Waals surface area contributed by atoms with Crippen LogP contribution in [0.25, 0.3) is 0 Å². The van der Waals surface area contributed by atoms with Crippen LogP contribution >= 0.6 is 11.6 Å². The van der Waals surface area contributed by atoms with Crippen LogP contribution in [0.1, 0.15) is 23.3 Å². The van der Waals surface area contributed by atoms with Gasteiger partial charge in [0.25, 0.3) is 5.91 Å². The van der Waals surface area contributed by atoms with Gasteiger partial charge in [0.05, 0.1) is 5.02 Å². The van der Waals surface area contributed by atoms with Crippen LogP contribution in [0.5, 0.6) is 0 Å². The Hall–Kier alpha value is -2.01. The van der Waals surface area contributed by atoms with Crippen LogP contribution in [0.3, 0.4) is 0 Å². The van der Waals surface area contributed by atoms with Crippen molar-refractivity contribution in [3.63, 3.8) is 0 Å². The molecule has 1 aliphatic rings. The van der Waals surface area contributed by atoms with E-state index in [0.717, 1.165) is 18.5 Å². The van der Waals surface area contributed by atoms with Gasteiger partial charge in [-0.25, -0.2) is 4.39 Å². The molecule has 0 spiro atoms. The monoisotopic (exact) mass is 321 g/mol. The fourth-order valence-electron chi connectivity index (χ4n) is 2.67. The molecule has 1 aliphatic heterocycles. The van der Waals surface area contributed by atoms with Gasteiger partial charge in [-0.2, -0.15) is 0 Å². The van der Waals surface area contributed by atoms with E-state index >= 15 is 0 Å². The van der Waals surface area contributed by atoms with Gasteiger partial charge in [-0.05, 0) is 43.2 Å². The standard InChI is InChI=1S/C16H17ClFN3O/c17-11-9-15(19-10-11)16(22)21-7-5-14(6-8-21)20-13-3-1-12(18)2-4-13/h1-4,9-10,14,19-20H,5-8H2. The van der Waals surface area contributed by atoms with Crippen molar-refractivity contribution in [1.82, 2.24) is 9.88 Å². The van der Waals surface area contributed by atoms with Crippen molar-refractivity contribution >= 4 is 23.2 Å². The summed E-state index contributed by atoms with van der Waals surface area (Å²) in [5, 5.41) is 3.92. The molecule has 1 aromatic heterocycles. The first-order valence-electron chi connectivity index (χ1n) is 7.27. The summed E-state index contributed by atoms with van der Waals surface area (Å²) in [6, 6.07) is 8.28. The SMILES string of the molecule is O=C(c1cc(Cl)c[nH]1)N1CCC(Nc2ccc(F)cc2)CC1. The molecule has 6 heteroatoms. The van der Waals surface area contributed by atoms with E-state index in [4.69, 9.17) is 11.6 Å². The van der Waals surface area contributed by atoms with Crippen LogP contribution in [-0.2, 0) is 0 Å². The summed E-state index contributed by atoms with van der Waals surface area (Å²) in [6.07, 6.45) is 3.33. The number of H-pyrrole nitrogens is 1. The first-order valence-corrected chi connectivity index (χ1v) is 7.65. The molecule has 0 radical (unpaired) electrons. The zero-order chi connectivity index (χ0) is 15.5. The molecule has 2 aromatic rings. The fraction of sp³-hybridized carbons (Fsp3) is 0.312. The number of nitrogens with one attached hydrogen (secondary N) is 2. The van der Waals surface area contributed by atoms with Gasteiger partial charge in [0.15, 0.2) is 0 Å². The predicted octanol–water partition coefficient (Wildman–Crippen LogP) is 3.52. The van der Waals surface area contributed by atoms with Gasteiger partial charge in [0.1, 0.15) is 11.5 Å². The number of nitrogens with zero attached hydrogens (tertiary/aromatic N) is 1. The van der Waals surface area contributed by atoms with Crippen molar-refractivity contribution in [3.05, 3.63) is 53.1 Å². The van der Waals surface area contributed by atoms with Gasteiger partial charge in [-0.1, -0.05) is 11.6 Å². The molecule has 1 amide bonds. The second kappa shape index (κ2) is 6.40. The summed E-state index contributed by atoms with van der Waals surface area (Å²) in [5.41, 5.74) is 1.43. The third kappa shape index (κ3) is 3.42. The van der Waals surface area contributed by atoms with E-state index < -0.39 is 0 Å². The maximum Gasteiger partial charge on any atom is 0.270 e. The smallest absolute Gasteiger partial charge is 0.270 e. The molecule has 1 aromatic carbocycles. The van der Waals surface area contributed by atoms with Crippen LogP contribution in [0, 0.1) is 5.82 Å². The molecule has 2 N–H and O–H groups in total. The Bertz CT molecular complexity index is 648. The zero-order valence-corrected chi connectivity index (χ0v) is 12.7. The van der Waals surface area contributed by atoms with E-state index in [-0.39, 0.29) is 11.7 Å². The maximum atomic E-state index is 12.9. The molecule has 3 rings (SSSR count). The summed E-state index contributed by atoms with van der Waals surface area (Å²) >= 11 is 5.83. The van der Waals surface area contributed by atoms with Gasteiger partial charge in [-0.3, -0.25) is 4.79 Å². The van der Waals surface area contributed by atoms with Crippen LogP contribution in [-0.4, -0.2) is 34.9 Å². The number of amides is 1. The number of rotatable bonds is 3. The van der Waals surface area contributed by atoms with E-state index in [9.17, 15) is 9.18 Å². The van der Waals surface area contributed by atoms with Gasteiger partial charge >= 0.3 is 0 Å². The van der Waals surface area contributed by atoms with Crippen LogP contribution in [0.2, 0.25) is 5.02 Å². The molecular weight excluding hydrogens is 305 g/mol. The minimum absolute atomic E-state index is 0.0212. The van der Waals surface area contributed by atoms with Crippen LogP contribution < -0.4 is 5.32 Å². The molecule has 1 fully saturated rings. The Morgan fingerprint density at radius 3 is 2.55 bits per heavy atom. The van der Waals surface area contributed by atoms with Crippen molar-refractivity contribution in [2.75, 3.05) is 18.4 Å². The number of benzene rings is 1. The van der Waals surface area contributed by atoms with Gasteiger partial charge in [0, 0.05) is 31.0 Å². The topological polar surface area (TPSA) is 48.1 Å². The lowest BCUT2D eigenvalue weighted by Gasteiger charge is -2.32. The van der Waals surface area contributed by atoms with Gasteiger partial charge in [-0.15, -0.1) is 0 Å². The van der Waals surface area contributed by atoms with E-state index in [1.54, 1.807) is 24.4 Å². The highest BCUT2D eigenvalue weighted by Crippen LogP contribution is 2.19. The fourth-order valence-corrected chi connectivity index (χ4v) is 2.83. The number of likely N-dealkylation sites (tertiary alicyclic amines) is 1. The van der Waals surface area contributed by atoms with E-state index in [1.807, 2.05) is 4.90 Å². The predicted molar refractivity (Wildman–Crippen MR) is 84.8 cm³/mol. The normalized spacial score (nSPS) is 15.8.